The summed E-state index contributed by atoms with van der Waals surface area (Å²) in [5, 5.41) is 0. The largest absolute Gasteiger partial charge is 0.370 e. The Morgan fingerprint density at radius 3 is 1.00 bits per heavy atom. The van der Waals surface area contributed by atoms with E-state index in [0.717, 1.165) is 31.6 Å². The predicted octanol–water partition coefficient (Wildman–Crippen LogP) is 7.57. The molecule has 0 rings (SSSR count). The van der Waals surface area contributed by atoms with E-state index in [2.05, 4.69) is 6.92 Å². The zero-order chi connectivity index (χ0) is 23.0. The van der Waals surface area contributed by atoms with E-state index in [-0.39, 0.29) is 11.8 Å². The van der Waals surface area contributed by atoms with Crippen molar-refractivity contribution in [3.63, 3.8) is 0 Å². The third-order valence-electron chi connectivity index (χ3n) is 6.65. The minimum atomic E-state index is -0.160. The Hall–Kier alpha value is -1.06. The van der Waals surface area contributed by atoms with E-state index >= 15 is 0 Å². The van der Waals surface area contributed by atoms with Crippen LogP contribution in [0.3, 0.4) is 0 Å². The third-order valence-corrected chi connectivity index (χ3v) is 6.65. The van der Waals surface area contributed by atoms with Crippen LogP contribution in [0.4, 0.5) is 0 Å². The van der Waals surface area contributed by atoms with Gasteiger partial charge < -0.3 is 11.5 Å². The number of hydrogen-bond acceptors (Lipinski definition) is 2. The molecule has 0 fully saturated rings. The molecule has 0 atom stereocenters. The number of primary amides is 2. The summed E-state index contributed by atoms with van der Waals surface area (Å²) in [6.07, 6.45) is 28.5. The fourth-order valence-corrected chi connectivity index (χ4v) is 4.49. The maximum Gasteiger partial charge on any atom is 0.217 e. The average Bonchev–Trinajstić information content (AvgIpc) is 2.73. The molecule has 0 saturated carbocycles. The van der Waals surface area contributed by atoms with Crippen LogP contribution in [0.2, 0.25) is 0 Å². The lowest BCUT2D eigenvalue weighted by atomic mass is 9.92. The Morgan fingerprint density at radius 2 is 0.742 bits per heavy atom. The van der Waals surface area contributed by atoms with Gasteiger partial charge in [0.1, 0.15) is 0 Å². The summed E-state index contributed by atoms with van der Waals surface area (Å²) in [7, 11) is 0. The van der Waals surface area contributed by atoms with E-state index in [1.807, 2.05) is 0 Å². The second-order valence-corrected chi connectivity index (χ2v) is 9.65. The molecule has 4 N–H and O–H groups in total. The fourth-order valence-electron chi connectivity index (χ4n) is 4.49. The molecule has 0 aromatic carbocycles. The third kappa shape index (κ3) is 25.1. The first kappa shape index (κ1) is 29.9. The van der Waals surface area contributed by atoms with Gasteiger partial charge >= 0.3 is 0 Å². The Morgan fingerprint density at radius 1 is 0.484 bits per heavy atom. The smallest absolute Gasteiger partial charge is 0.217 e. The van der Waals surface area contributed by atoms with E-state index in [9.17, 15) is 9.59 Å². The summed E-state index contributed by atoms with van der Waals surface area (Å²) in [4.78, 5) is 21.4. The van der Waals surface area contributed by atoms with Crippen LogP contribution < -0.4 is 11.5 Å². The van der Waals surface area contributed by atoms with Crippen LogP contribution in [-0.2, 0) is 9.59 Å². The van der Waals surface area contributed by atoms with Gasteiger partial charge in [0.15, 0.2) is 0 Å². The van der Waals surface area contributed by atoms with Crippen LogP contribution in [0.1, 0.15) is 155 Å². The van der Waals surface area contributed by atoms with Gasteiger partial charge in [-0.25, -0.2) is 0 Å². The first-order valence-electron chi connectivity index (χ1n) is 13.6. The number of carbonyl (C=O) groups excluding carboxylic acids is 2. The monoisotopic (exact) mass is 438 g/mol. The maximum absolute atomic E-state index is 10.7. The normalized spacial score (nSPS) is 11.3. The molecule has 0 radical (unpaired) electrons. The first-order chi connectivity index (χ1) is 15.1. The molecule has 0 aliphatic rings. The Balaban J connectivity index is 3.31. The molecule has 0 aliphatic heterocycles. The van der Waals surface area contributed by atoms with Crippen molar-refractivity contribution in [2.24, 2.45) is 17.4 Å². The predicted molar refractivity (Wildman–Crippen MR) is 134 cm³/mol. The number of amides is 2. The van der Waals surface area contributed by atoms with Crippen molar-refractivity contribution in [3.8, 4) is 0 Å². The molecule has 4 nitrogen and oxygen atoms in total. The minimum absolute atomic E-state index is 0.160. The maximum atomic E-state index is 10.7. The van der Waals surface area contributed by atoms with Crippen LogP contribution in [-0.4, -0.2) is 11.8 Å². The highest BCUT2D eigenvalue weighted by Gasteiger charge is 2.06. The number of unbranched alkanes of at least 4 members (excludes halogenated alkanes) is 16. The molecule has 31 heavy (non-hydrogen) atoms. The standard InChI is InChI=1S/C27H54N2O2/c1-2-25(21-17-13-9-5-3-7-11-15-19-23-26(28)30)22-18-14-10-6-4-8-12-16-20-24-27(29)31/h25H,2-24H2,1H3,(H2,28,30)(H2,29,31). The summed E-state index contributed by atoms with van der Waals surface area (Å²) < 4.78 is 0. The van der Waals surface area contributed by atoms with Gasteiger partial charge in [0, 0.05) is 12.8 Å². The highest BCUT2D eigenvalue weighted by atomic mass is 16.1. The van der Waals surface area contributed by atoms with Gasteiger partial charge in [-0.1, -0.05) is 129 Å². The van der Waals surface area contributed by atoms with Crippen molar-refractivity contribution >= 4 is 11.8 Å². The molecule has 0 spiro atoms. The van der Waals surface area contributed by atoms with E-state index in [4.69, 9.17) is 11.5 Å². The molecule has 0 aromatic heterocycles. The Bertz CT molecular complexity index is 376. The summed E-state index contributed by atoms with van der Waals surface area (Å²) in [5.74, 6) is 0.620. The van der Waals surface area contributed by atoms with Crippen LogP contribution in [0.25, 0.3) is 0 Å². The van der Waals surface area contributed by atoms with Crippen molar-refractivity contribution in [2.45, 2.75) is 155 Å². The van der Waals surface area contributed by atoms with Gasteiger partial charge in [0.05, 0.1) is 0 Å². The molecule has 2 amide bonds. The molecule has 0 unspecified atom stereocenters. The van der Waals surface area contributed by atoms with E-state index in [1.165, 1.54) is 109 Å². The summed E-state index contributed by atoms with van der Waals surface area (Å²) >= 11 is 0. The molecule has 0 bridgehead atoms. The minimum Gasteiger partial charge on any atom is -0.370 e. The van der Waals surface area contributed by atoms with Gasteiger partial charge in [0.25, 0.3) is 0 Å². The number of carbonyl (C=O) groups is 2. The highest BCUT2D eigenvalue weighted by molar-refractivity contribution is 5.73. The zero-order valence-electron chi connectivity index (χ0n) is 20.8. The number of hydrogen-bond donors (Lipinski definition) is 2. The Kier molecular flexibility index (Phi) is 22.8. The number of rotatable bonds is 25. The van der Waals surface area contributed by atoms with E-state index in [1.54, 1.807) is 0 Å². The van der Waals surface area contributed by atoms with Crippen molar-refractivity contribution in [1.82, 2.24) is 0 Å². The molecular formula is C27H54N2O2. The topological polar surface area (TPSA) is 86.2 Å². The lowest BCUT2D eigenvalue weighted by Gasteiger charge is -2.14. The molecule has 4 heteroatoms. The molecular weight excluding hydrogens is 384 g/mol. The van der Waals surface area contributed by atoms with Crippen LogP contribution >= 0.6 is 0 Å². The Labute approximate surface area is 193 Å². The molecule has 0 heterocycles. The SMILES string of the molecule is CCC(CCCCCCCCCCCC(N)=O)CCCCCCCCCCCC(N)=O. The summed E-state index contributed by atoms with van der Waals surface area (Å²) in [5.41, 5.74) is 10.3. The zero-order valence-corrected chi connectivity index (χ0v) is 20.8. The van der Waals surface area contributed by atoms with Crippen molar-refractivity contribution < 1.29 is 9.59 Å². The van der Waals surface area contributed by atoms with Crippen molar-refractivity contribution in [2.75, 3.05) is 0 Å². The fraction of sp³-hybridized carbons (Fsp3) is 0.926. The lowest BCUT2D eigenvalue weighted by Crippen LogP contribution is -2.09. The van der Waals surface area contributed by atoms with Gasteiger partial charge in [0.2, 0.25) is 11.8 Å². The van der Waals surface area contributed by atoms with Gasteiger partial charge in [-0.3, -0.25) is 9.59 Å². The quantitative estimate of drug-likeness (QED) is 0.144. The average molecular weight is 439 g/mol. The van der Waals surface area contributed by atoms with Gasteiger partial charge in [-0.15, -0.1) is 0 Å². The van der Waals surface area contributed by atoms with Gasteiger partial charge in [-0.05, 0) is 18.8 Å². The second kappa shape index (κ2) is 23.6. The molecule has 184 valence electrons. The lowest BCUT2D eigenvalue weighted by molar-refractivity contribution is -0.119. The second-order valence-electron chi connectivity index (χ2n) is 9.65. The molecule has 0 saturated heterocycles. The van der Waals surface area contributed by atoms with Crippen LogP contribution in [0, 0.1) is 5.92 Å². The molecule has 0 aliphatic carbocycles. The molecule has 0 aromatic rings. The van der Waals surface area contributed by atoms with Crippen molar-refractivity contribution in [1.29, 1.82) is 0 Å². The number of nitrogens with two attached hydrogens (primary N) is 2. The highest BCUT2D eigenvalue weighted by Crippen LogP contribution is 2.22. The summed E-state index contributed by atoms with van der Waals surface area (Å²) in [6.45, 7) is 2.36. The first-order valence-corrected chi connectivity index (χ1v) is 13.6. The van der Waals surface area contributed by atoms with Crippen LogP contribution in [0.15, 0.2) is 0 Å². The van der Waals surface area contributed by atoms with Crippen molar-refractivity contribution in [3.05, 3.63) is 0 Å². The van der Waals surface area contributed by atoms with Gasteiger partial charge in [-0.2, -0.15) is 0 Å². The summed E-state index contributed by atoms with van der Waals surface area (Å²) in [6, 6.07) is 0. The van der Waals surface area contributed by atoms with Crippen LogP contribution in [0.5, 0.6) is 0 Å². The van der Waals surface area contributed by atoms with E-state index < -0.39 is 0 Å². The van der Waals surface area contributed by atoms with E-state index in [0.29, 0.717) is 12.8 Å².